The van der Waals surface area contributed by atoms with Crippen LogP contribution in [0.1, 0.15) is 16.7 Å². The lowest BCUT2D eigenvalue weighted by Crippen LogP contribution is -1.98. The number of nitrogens with zero attached hydrogens (tertiary/aromatic N) is 1. The van der Waals surface area contributed by atoms with E-state index in [4.69, 9.17) is 10.8 Å². The van der Waals surface area contributed by atoms with Gasteiger partial charge in [-0.15, -0.1) is 0 Å². The number of phenolic OH excluding ortho intramolecular Hbond substituents is 1. The van der Waals surface area contributed by atoms with Gasteiger partial charge in [-0.3, -0.25) is 4.98 Å². The predicted octanol–water partition coefficient (Wildman–Crippen LogP) is 6.36. The first-order valence-electron chi connectivity index (χ1n) is 10.3. The number of sulfone groups is 1. The van der Waals surface area contributed by atoms with Gasteiger partial charge in [-0.05, 0) is 60.5 Å². The van der Waals surface area contributed by atoms with Crippen LogP contribution in [0, 0.1) is 6.92 Å². The number of aryl methyl sites for hydroxylation is 1. The standard InChI is InChI=1S/C20H18N2S.C7H8O3S/c1-4-15-13(3)12-18(19(21)16(15)5-2)23-17-10-6-8-14-9-7-11-22-20(14)17;1-11(9,10)7-4-2-6(8)3-5-7/h4-12H,1-2,21H2,3H3;2-5,8H,1H3. The van der Waals surface area contributed by atoms with Crippen LogP contribution in [-0.4, -0.2) is 24.8 Å². The highest BCUT2D eigenvalue weighted by Gasteiger charge is 2.13. The van der Waals surface area contributed by atoms with Gasteiger partial charge in [-0.25, -0.2) is 8.42 Å². The smallest absolute Gasteiger partial charge is 0.175 e. The Hall–Kier alpha value is -3.55. The van der Waals surface area contributed by atoms with Gasteiger partial charge in [-0.1, -0.05) is 55.3 Å². The first-order valence-corrected chi connectivity index (χ1v) is 13.0. The third-order valence-electron chi connectivity index (χ3n) is 5.11. The molecule has 0 spiro atoms. The molecule has 7 heteroatoms. The van der Waals surface area contributed by atoms with E-state index in [1.807, 2.05) is 24.4 Å². The maximum absolute atomic E-state index is 10.9. The van der Waals surface area contributed by atoms with Gasteiger partial charge in [0.1, 0.15) is 5.75 Å². The van der Waals surface area contributed by atoms with Crippen molar-refractivity contribution in [3.05, 3.63) is 96.7 Å². The number of hydrogen-bond acceptors (Lipinski definition) is 6. The summed E-state index contributed by atoms with van der Waals surface area (Å²) in [6.45, 7) is 9.83. The van der Waals surface area contributed by atoms with Gasteiger partial charge in [-0.2, -0.15) is 0 Å². The summed E-state index contributed by atoms with van der Waals surface area (Å²) in [5.41, 5.74) is 11.2. The number of aromatic hydroxyl groups is 1. The lowest BCUT2D eigenvalue weighted by Gasteiger charge is -2.15. The Morgan fingerprint density at radius 2 is 1.62 bits per heavy atom. The summed E-state index contributed by atoms with van der Waals surface area (Å²) >= 11 is 1.64. The van der Waals surface area contributed by atoms with Crippen molar-refractivity contribution in [1.82, 2.24) is 4.98 Å². The van der Waals surface area contributed by atoms with Crippen LogP contribution in [0.2, 0.25) is 0 Å². The molecule has 0 fully saturated rings. The zero-order valence-corrected chi connectivity index (χ0v) is 20.7. The highest BCUT2D eigenvalue weighted by molar-refractivity contribution is 7.99. The quantitative estimate of drug-likeness (QED) is 0.316. The molecule has 3 aromatic carbocycles. The minimum atomic E-state index is -3.13. The van der Waals surface area contributed by atoms with Crippen molar-refractivity contribution in [2.75, 3.05) is 12.0 Å². The minimum absolute atomic E-state index is 0.0670. The Morgan fingerprint density at radius 3 is 2.24 bits per heavy atom. The number of anilines is 1. The maximum atomic E-state index is 10.9. The molecule has 0 atom stereocenters. The fraction of sp³-hybridized carbons (Fsp3) is 0.0741. The van der Waals surface area contributed by atoms with Crippen molar-refractivity contribution in [3.63, 3.8) is 0 Å². The Labute approximate surface area is 204 Å². The third-order valence-corrected chi connectivity index (χ3v) is 7.34. The highest BCUT2D eigenvalue weighted by atomic mass is 32.2. The van der Waals surface area contributed by atoms with Crippen molar-refractivity contribution >= 4 is 50.3 Å². The second kappa shape index (κ2) is 10.6. The van der Waals surface area contributed by atoms with Gasteiger partial charge < -0.3 is 10.8 Å². The van der Waals surface area contributed by atoms with Crippen molar-refractivity contribution in [2.24, 2.45) is 0 Å². The molecule has 34 heavy (non-hydrogen) atoms. The van der Waals surface area contributed by atoms with Crippen molar-refractivity contribution in [1.29, 1.82) is 0 Å². The molecule has 0 saturated heterocycles. The number of pyridine rings is 1. The van der Waals surface area contributed by atoms with Crippen LogP contribution in [0.5, 0.6) is 5.75 Å². The Morgan fingerprint density at radius 1 is 0.971 bits per heavy atom. The first-order chi connectivity index (χ1) is 16.2. The third kappa shape index (κ3) is 5.68. The van der Waals surface area contributed by atoms with E-state index in [0.29, 0.717) is 0 Å². The van der Waals surface area contributed by atoms with Crippen molar-refractivity contribution in [3.8, 4) is 5.75 Å². The molecule has 3 N–H and O–H groups in total. The molecular weight excluding hydrogens is 464 g/mol. The molecule has 4 rings (SSSR count). The SMILES string of the molecule is C=Cc1c(C)cc(Sc2cccc3cccnc23)c(N)c1C=C.CS(=O)(=O)c1ccc(O)cc1. The zero-order chi connectivity index (χ0) is 24.9. The molecule has 4 aromatic rings. The van der Waals surface area contributed by atoms with Gasteiger partial charge in [0, 0.05) is 33.2 Å². The second-order valence-corrected chi connectivity index (χ2v) is 10.6. The summed E-state index contributed by atoms with van der Waals surface area (Å²) in [7, 11) is -3.13. The van der Waals surface area contributed by atoms with E-state index in [-0.39, 0.29) is 10.6 Å². The van der Waals surface area contributed by atoms with Crippen molar-refractivity contribution in [2.45, 2.75) is 21.6 Å². The number of nitrogen functional groups attached to an aromatic ring is 1. The molecule has 1 aromatic heterocycles. The molecule has 0 unspecified atom stereocenters. The highest BCUT2D eigenvalue weighted by Crippen LogP contribution is 2.39. The van der Waals surface area contributed by atoms with Crippen LogP contribution >= 0.6 is 11.8 Å². The number of phenols is 1. The van der Waals surface area contributed by atoms with E-state index in [9.17, 15) is 8.42 Å². The number of nitrogens with two attached hydrogens (primary N) is 1. The molecule has 0 saturated carbocycles. The number of benzene rings is 3. The Bertz CT molecular complexity index is 1460. The number of fused-ring (bicyclic) bond motifs is 1. The number of rotatable bonds is 5. The maximum Gasteiger partial charge on any atom is 0.175 e. The zero-order valence-electron chi connectivity index (χ0n) is 19.0. The summed E-state index contributed by atoms with van der Waals surface area (Å²) in [5.74, 6) is 0.0670. The predicted molar refractivity (Wildman–Crippen MR) is 143 cm³/mol. The number of para-hydroxylation sites is 1. The second-order valence-electron chi connectivity index (χ2n) is 7.54. The van der Waals surface area contributed by atoms with E-state index in [1.165, 1.54) is 24.3 Å². The summed E-state index contributed by atoms with van der Waals surface area (Å²) < 4.78 is 21.7. The summed E-state index contributed by atoms with van der Waals surface area (Å²) in [4.78, 5) is 6.83. The summed E-state index contributed by atoms with van der Waals surface area (Å²) in [5, 5.41) is 9.95. The molecule has 0 aliphatic carbocycles. The van der Waals surface area contributed by atoms with E-state index < -0.39 is 9.84 Å². The van der Waals surface area contributed by atoms with E-state index in [1.54, 1.807) is 17.8 Å². The van der Waals surface area contributed by atoms with Gasteiger partial charge in [0.25, 0.3) is 0 Å². The van der Waals surface area contributed by atoms with Gasteiger partial charge >= 0.3 is 0 Å². The lowest BCUT2D eigenvalue weighted by atomic mass is 10.00. The van der Waals surface area contributed by atoms with E-state index >= 15 is 0 Å². The van der Waals surface area contributed by atoms with Crippen LogP contribution in [-0.2, 0) is 9.84 Å². The largest absolute Gasteiger partial charge is 0.508 e. The van der Waals surface area contributed by atoms with Gasteiger partial charge in [0.15, 0.2) is 9.84 Å². The molecule has 0 aliphatic rings. The summed E-state index contributed by atoms with van der Waals surface area (Å²) in [6, 6.07) is 17.7. The molecular formula is C27H26N2O3S2. The van der Waals surface area contributed by atoms with Crippen LogP contribution in [0.4, 0.5) is 5.69 Å². The van der Waals surface area contributed by atoms with Gasteiger partial charge in [0.2, 0.25) is 0 Å². The van der Waals surface area contributed by atoms with Gasteiger partial charge in [0.05, 0.1) is 16.1 Å². The van der Waals surface area contributed by atoms with Crippen LogP contribution in [0.15, 0.2) is 94.7 Å². The Balaban J connectivity index is 0.000000248. The van der Waals surface area contributed by atoms with E-state index in [0.717, 1.165) is 49.3 Å². The van der Waals surface area contributed by atoms with Crippen LogP contribution in [0.25, 0.3) is 23.1 Å². The van der Waals surface area contributed by atoms with Crippen molar-refractivity contribution < 1.29 is 13.5 Å². The topological polar surface area (TPSA) is 93.3 Å². The fourth-order valence-electron chi connectivity index (χ4n) is 3.39. The summed E-state index contributed by atoms with van der Waals surface area (Å²) in [6.07, 6.45) is 6.57. The average molecular weight is 491 g/mol. The minimum Gasteiger partial charge on any atom is -0.508 e. The number of aromatic nitrogens is 1. The van der Waals surface area contributed by atoms with Crippen LogP contribution < -0.4 is 5.73 Å². The fourth-order valence-corrected chi connectivity index (χ4v) is 5.12. The lowest BCUT2D eigenvalue weighted by molar-refractivity contribution is 0.475. The molecule has 0 aliphatic heterocycles. The van der Waals surface area contributed by atoms with Crippen LogP contribution in [0.3, 0.4) is 0 Å². The molecule has 5 nitrogen and oxygen atoms in total. The molecule has 0 amide bonds. The molecule has 1 heterocycles. The average Bonchev–Trinajstić information content (AvgIpc) is 2.81. The monoisotopic (exact) mass is 490 g/mol. The van der Waals surface area contributed by atoms with E-state index in [2.05, 4.69) is 49.3 Å². The molecule has 174 valence electrons. The number of hydrogen-bond donors (Lipinski definition) is 2. The molecule has 0 radical (unpaired) electrons. The molecule has 0 bridgehead atoms. The Kier molecular flexibility index (Phi) is 7.81. The first kappa shape index (κ1) is 25.1. The normalized spacial score (nSPS) is 10.9.